The molecule has 1 aromatic carbocycles. The summed E-state index contributed by atoms with van der Waals surface area (Å²) in [6, 6.07) is 8.76. The van der Waals surface area contributed by atoms with Crippen LogP contribution in [0, 0.1) is 0 Å². The van der Waals surface area contributed by atoms with E-state index >= 15 is 0 Å². The van der Waals surface area contributed by atoms with Gasteiger partial charge in [-0.2, -0.15) is 4.31 Å². The lowest BCUT2D eigenvalue weighted by Gasteiger charge is -2.34. The minimum absolute atomic E-state index is 0.0150. The zero-order valence-corrected chi connectivity index (χ0v) is 18.4. The van der Waals surface area contributed by atoms with Crippen molar-refractivity contribution in [2.75, 3.05) is 31.1 Å². The summed E-state index contributed by atoms with van der Waals surface area (Å²) < 4.78 is 38.4. The molecule has 31 heavy (non-hydrogen) atoms. The Kier molecular flexibility index (Phi) is 5.67. The number of furan rings is 1. The number of hydrogen-bond donors (Lipinski definition) is 0. The maximum Gasteiger partial charge on any atom is 0.276 e. The van der Waals surface area contributed by atoms with Crippen molar-refractivity contribution in [3.63, 3.8) is 0 Å². The standard InChI is InChI=1S/C21H24N4O5S/c1-14(2)20-22-23-21(30-20)17-12-19(29-13-17)31(27,28)25-10-8-24(9-11-25)18-6-4-16(5-7-18)15(3)26/h4-7,12-14H,8-11H2,1-3H3. The second-order valence-electron chi connectivity index (χ2n) is 7.75. The predicted molar refractivity (Wildman–Crippen MR) is 114 cm³/mol. The van der Waals surface area contributed by atoms with Gasteiger partial charge in [0.05, 0.1) is 5.56 Å². The summed E-state index contributed by atoms with van der Waals surface area (Å²) in [5.74, 6) is 0.799. The predicted octanol–water partition coefficient (Wildman–Crippen LogP) is 3.17. The molecule has 0 spiro atoms. The summed E-state index contributed by atoms with van der Waals surface area (Å²) in [6.45, 7) is 7.11. The summed E-state index contributed by atoms with van der Waals surface area (Å²) >= 11 is 0. The minimum atomic E-state index is -3.78. The number of ketones is 1. The van der Waals surface area contributed by atoms with Crippen LogP contribution in [0.2, 0.25) is 0 Å². The third-order valence-electron chi connectivity index (χ3n) is 5.23. The van der Waals surface area contributed by atoms with Gasteiger partial charge in [0.15, 0.2) is 5.78 Å². The van der Waals surface area contributed by atoms with Gasteiger partial charge in [-0.1, -0.05) is 13.8 Å². The fourth-order valence-corrected chi connectivity index (χ4v) is 4.71. The molecule has 2 aromatic heterocycles. The number of Topliss-reactive ketones (excluding diaryl/α,β-unsaturated/α-hetero) is 1. The molecule has 164 valence electrons. The van der Waals surface area contributed by atoms with E-state index in [4.69, 9.17) is 8.83 Å². The highest BCUT2D eigenvalue weighted by atomic mass is 32.2. The Morgan fingerprint density at radius 2 is 1.74 bits per heavy atom. The Morgan fingerprint density at radius 3 is 2.32 bits per heavy atom. The van der Waals surface area contributed by atoms with Gasteiger partial charge in [-0.3, -0.25) is 4.79 Å². The number of carbonyl (C=O) groups excluding carboxylic acids is 1. The van der Waals surface area contributed by atoms with Gasteiger partial charge in [-0.05, 0) is 31.2 Å². The first-order valence-corrected chi connectivity index (χ1v) is 11.5. The van der Waals surface area contributed by atoms with Crippen LogP contribution in [0.15, 0.2) is 50.5 Å². The van der Waals surface area contributed by atoms with E-state index in [1.165, 1.54) is 23.6 Å². The Bertz CT molecular complexity index is 1170. The molecule has 1 aliphatic heterocycles. The van der Waals surface area contributed by atoms with Gasteiger partial charge >= 0.3 is 0 Å². The van der Waals surface area contributed by atoms with Gasteiger partial charge in [0.25, 0.3) is 15.9 Å². The maximum absolute atomic E-state index is 13.0. The van der Waals surface area contributed by atoms with Gasteiger partial charge in [0.1, 0.15) is 6.26 Å². The quantitative estimate of drug-likeness (QED) is 0.533. The lowest BCUT2D eigenvalue weighted by atomic mass is 10.1. The Hall–Kier alpha value is -2.98. The van der Waals surface area contributed by atoms with E-state index in [1.54, 1.807) is 12.1 Å². The number of rotatable bonds is 6. The van der Waals surface area contributed by atoms with Crippen LogP contribution in [0.1, 0.15) is 42.9 Å². The van der Waals surface area contributed by atoms with Crippen molar-refractivity contribution in [1.82, 2.24) is 14.5 Å². The highest BCUT2D eigenvalue weighted by molar-refractivity contribution is 7.89. The van der Waals surface area contributed by atoms with E-state index in [0.717, 1.165) is 5.69 Å². The van der Waals surface area contributed by atoms with E-state index in [2.05, 4.69) is 15.1 Å². The number of nitrogens with zero attached hydrogens (tertiary/aromatic N) is 4. The van der Waals surface area contributed by atoms with Crippen LogP contribution in [-0.4, -0.2) is 54.9 Å². The van der Waals surface area contributed by atoms with Crippen molar-refractivity contribution in [1.29, 1.82) is 0 Å². The molecule has 9 nitrogen and oxygen atoms in total. The number of hydrogen-bond acceptors (Lipinski definition) is 8. The molecule has 0 N–H and O–H groups in total. The third kappa shape index (κ3) is 4.26. The molecule has 1 aliphatic rings. The zero-order chi connectivity index (χ0) is 22.2. The third-order valence-corrected chi connectivity index (χ3v) is 7.00. The van der Waals surface area contributed by atoms with E-state index in [0.29, 0.717) is 43.2 Å². The molecule has 0 saturated carbocycles. The van der Waals surface area contributed by atoms with Crippen molar-refractivity contribution >= 4 is 21.5 Å². The Morgan fingerprint density at radius 1 is 1.06 bits per heavy atom. The Balaban J connectivity index is 1.44. The fraction of sp³-hybridized carbons (Fsp3) is 0.381. The molecular weight excluding hydrogens is 420 g/mol. The number of benzene rings is 1. The first-order chi connectivity index (χ1) is 14.8. The number of aromatic nitrogens is 2. The summed E-state index contributed by atoms with van der Waals surface area (Å²) in [5.41, 5.74) is 2.04. The van der Waals surface area contributed by atoms with E-state index in [9.17, 15) is 13.2 Å². The Labute approximate surface area is 180 Å². The molecule has 3 heterocycles. The van der Waals surface area contributed by atoms with Crippen molar-refractivity contribution < 1.29 is 22.0 Å². The van der Waals surface area contributed by atoms with Crippen LogP contribution in [0.4, 0.5) is 5.69 Å². The summed E-state index contributed by atoms with van der Waals surface area (Å²) in [4.78, 5) is 13.5. The molecule has 0 amide bonds. The van der Waals surface area contributed by atoms with Gasteiger partial charge < -0.3 is 13.7 Å². The highest BCUT2D eigenvalue weighted by Crippen LogP contribution is 2.28. The molecule has 1 fully saturated rings. The summed E-state index contributed by atoms with van der Waals surface area (Å²) in [5, 5.41) is 7.78. The fourth-order valence-electron chi connectivity index (χ4n) is 3.37. The van der Waals surface area contributed by atoms with Gasteiger partial charge in [0, 0.05) is 49.4 Å². The van der Waals surface area contributed by atoms with Crippen LogP contribution in [0.25, 0.3) is 11.5 Å². The topological polar surface area (TPSA) is 110 Å². The van der Waals surface area contributed by atoms with Crippen LogP contribution in [-0.2, 0) is 10.0 Å². The van der Waals surface area contributed by atoms with Crippen molar-refractivity contribution in [3.05, 3.63) is 48.0 Å². The van der Waals surface area contributed by atoms with Crippen molar-refractivity contribution in [3.8, 4) is 11.5 Å². The van der Waals surface area contributed by atoms with Crippen LogP contribution in [0.5, 0.6) is 0 Å². The second-order valence-corrected chi connectivity index (χ2v) is 9.62. The molecule has 0 radical (unpaired) electrons. The van der Waals surface area contributed by atoms with Gasteiger partial charge in [0.2, 0.25) is 11.0 Å². The number of sulfonamides is 1. The lowest BCUT2D eigenvalue weighted by Crippen LogP contribution is -2.48. The largest absolute Gasteiger partial charge is 0.451 e. The zero-order valence-electron chi connectivity index (χ0n) is 17.6. The average Bonchev–Trinajstić information content (AvgIpc) is 3.44. The highest BCUT2D eigenvalue weighted by Gasteiger charge is 2.31. The van der Waals surface area contributed by atoms with Crippen molar-refractivity contribution in [2.45, 2.75) is 31.8 Å². The van der Waals surface area contributed by atoms with Crippen LogP contribution in [0.3, 0.4) is 0 Å². The van der Waals surface area contributed by atoms with E-state index < -0.39 is 10.0 Å². The first kappa shape index (κ1) is 21.3. The molecule has 4 rings (SSSR count). The molecule has 0 atom stereocenters. The second kappa shape index (κ2) is 8.27. The van der Waals surface area contributed by atoms with E-state index in [-0.39, 0.29) is 22.7 Å². The average molecular weight is 445 g/mol. The minimum Gasteiger partial charge on any atom is -0.451 e. The maximum atomic E-state index is 13.0. The van der Waals surface area contributed by atoms with Crippen molar-refractivity contribution in [2.24, 2.45) is 0 Å². The molecule has 10 heteroatoms. The van der Waals surface area contributed by atoms with Crippen LogP contribution < -0.4 is 4.90 Å². The SMILES string of the molecule is CC(=O)c1ccc(N2CCN(S(=O)(=O)c3cc(-c4nnc(C(C)C)o4)co3)CC2)cc1. The molecule has 0 aliphatic carbocycles. The van der Waals surface area contributed by atoms with Crippen LogP contribution >= 0.6 is 0 Å². The number of anilines is 1. The van der Waals surface area contributed by atoms with Gasteiger partial charge in [-0.25, -0.2) is 8.42 Å². The smallest absolute Gasteiger partial charge is 0.276 e. The monoisotopic (exact) mass is 444 g/mol. The molecule has 1 saturated heterocycles. The van der Waals surface area contributed by atoms with E-state index in [1.807, 2.05) is 26.0 Å². The lowest BCUT2D eigenvalue weighted by molar-refractivity contribution is 0.101. The number of carbonyl (C=O) groups is 1. The molecule has 0 unspecified atom stereocenters. The summed E-state index contributed by atoms with van der Waals surface area (Å²) in [6.07, 6.45) is 1.32. The first-order valence-electron chi connectivity index (χ1n) is 10.0. The molecular formula is C21H24N4O5S. The summed E-state index contributed by atoms with van der Waals surface area (Å²) in [7, 11) is -3.78. The normalized spacial score (nSPS) is 15.5. The molecule has 0 bridgehead atoms. The molecule has 3 aromatic rings. The van der Waals surface area contributed by atoms with Gasteiger partial charge in [-0.15, -0.1) is 10.2 Å². The number of piperazine rings is 1.